The Morgan fingerprint density at radius 1 is 1.00 bits per heavy atom. The number of hydrogen-bond acceptors (Lipinski definition) is 7. The summed E-state index contributed by atoms with van der Waals surface area (Å²) < 4.78 is 97.5. The number of ketones is 1. The number of benzene rings is 3. The van der Waals surface area contributed by atoms with Crippen molar-refractivity contribution in [1.82, 2.24) is 10.2 Å². The normalized spacial score (nSPS) is 18.0. The number of amides is 3. The van der Waals surface area contributed by atoms with Crippen molar-refractivity contribution in [3.63, 3.8) is 0 Å². The van der Waals surface area contributed by atoms with Gasteiger partial charge in [-0.2, -0.15) is 26.3 Å². The second-order valence-corrected chi connectivity index (χ2v) is 11.5. The molecule has 0 aromatic heterocycles. The van der Waals surface area contributed by atoms with Crippen molar-refractivity contribution in [2.24, 2.45) is 0 Å². The predicted molar refractivity (Wildman–Crippen MR) is 157 cm³/mol. The lowest BCUT2D eigenvalue weighted by Crippen LogP contribution is -2.53. The van der Waals surface area contributed by atoms with E-state index < -0.39 is 53.3 Å². The second-order valence-electron chi connectivity index (χ2n) is 11.5. The lowest BCUT2D eigenvalue weighted by molar-refractivity contribution is -0.376. The minimum Gasteiger partial charge on any atom is -0.496 e. The molecule has 15 heteroatoms. The molecule has 5 rings (SSSR count). The Kier molecular flexibility index (Phi) is 8.88. The zero-order valence-electron chi connectivity index (χ0n) is 25.8. The molecular weight excluding hydrogens is 650 g/mol. The van der Waals surface area contributed by atoms with E-state index in [4.69, 9.17) is 14.2 Å². The van der Waals surface area contributed by atoms with E-state index in [0.29, 0.717) is 42.9 Å². The van der Waals surface area contributed by atoms with Crippen LogP contribution in [0, 0.1) is 0 Å². The van der Waals surface area contributed by atoms with Gasteiger partial charge in [0.1, 0.15) is 28.5 Å². The first-order valence-electron chi connectivity index (χ1n) is 14.7. The van der Waals surface area contributed by atoms with E-state index >= 15 is 0 Å². The van der Waals surface area contributed by atoms with Gasteiger partial charge in [0.15, 0.2) is 5.78 Å². The SMILES string of the molecule is CCCc1cc(C(O)(C(F)(F)F)C(F)(F)F)ccc1Oc1ccc(C(=O)CN2C(=O)NC(C)(c3ccc4c(c3)CCO4)C2=O)c(OC)c1. The number of aryl methyl sites for hydroxylation is 1. The molecule has 1 fully saturated rings. The number of urea groups is 1. The summed E-state index contributed by atoms with van der Waals surface area (Å²) in [5, 5.41) is 12.5. The van der Waals surface area contributed by atoms with Crippen LogP contribution >= 0.6 is 0 Å². The van der Waals surface area contributed by atoms with Gasteiger partial charge in [-0.05, 0) is 66.4 Å². The van der Waals surface area contributed by atoms with E-state index in [2.05, 4.69) is 5.32 Å². The molecular formula is C33H30F6N2O7. The van der Waals surface area contributed by atoms with E-state index in [1.54, 1.807) is 25.1 Å². The number of halogens is 6. The van der Waals surface area contributed by atoms with Gasteiger partial charge >= 0.3 is 18.4 Å². The zero-order chi connectivity index (χ0) is 35.2. The molecule has 0 bridgehead atoms. The number of hydrogen-bond donors (Lipinski definition) is 2. The van der Waals surface area contributed by atoms with Crippen LogP contribution in [0.1, 0.15) is 52.9 Å². The summed E-state index contributed by atoms with van der Waals surface area (Å²) in [7, 11) is 1.24. The lowest BCUT2D eigenvalue weighted by Gasteiger charge is -2.33. The van der Waals surface area contributed by atoms with Gasteiger partial charge in [0.2, 0.25) is 0 Å². The highest BCUT2D eigenvalue weighted by Crippen LogP contribution is 2.51. The summed E-state index contributed by atoms with van der Waals surface area (Å²) in [6.45, 7) is 3.05. The van der Waals surface area contributed by atoms with Gasteiger partial charge in [-0.25, -0.2) is 4.79 Å². The Bertz CT molecular complexity index is 1760. The number of rotatable bonds is 10. The molecule has 0 saturated carbocycles. The molecule has 1 unspecified atom stereocenters. The second kappa shape index (κ2) is 12.3. The summed E-state index contributed by atoms with van der Waals surface area (Å²) in [6, 6.07) is 10.2. The fourth-order valence-corrected chi connectivity index (χ4v) is 5.71. The number of methoxy groups -OCH3 is 1. The van der Waals surface area contributed by atoms with Gasteiger partial charge in [-0.1, -0.05) is 25.5 Å². The number of alkyl halides is 6. The summed E-state index contributed by atoms with van der Waals surface area (Å²) in [6.07, 6.45) is -11.1. The summed E-state index contributed by atoms with van der Waals surface area (Å²) >= 11 is 0. The standard InChI is InChI=1S/C33H30F6N2O7/c1-4-5-18-15-21(31(45,32(34,35)36)33(37,38)39)7-11-26(18)48-22-8-9-23(27(16-22)46-3)24(42)17-41-28(43)30(2,40-29(41)44)20-6-10-25-19(14-20)12-13-47-25/h6-11,14-16,45H,4-5,12-13,17H2,1-3H3,(H,40,44). The third kappa shape index (κ3) is 5.91. The van der Waals surface area contributed by atoms with Crippen LogP contribution in [0.4, 0.5) is 31.1 Å². The zero-order valence-corrected chi connectivity index (χ0v) is 25.8. The number of imide groups is 1. The monoisotopic (exact) mass is 680 g/mol. The van der Waals surface area contributed by atoms with Crippen LogP contribution in [0.5, 0.6) is 23.0 Å². The Morgan fingerprint density at radius 2 is 1.71 bits per heavy atom. The van der Waals surface area contributed by atoms with Crippen LogP contribution in [0.3, 0.4) is 0 Å². The van der Waals surface area contributed by atoms with Crippen molar-refractivity contribution in [2.45, 2.75) is 56.6 Å². The fraction of sp³-hybridized carbons (Fsp3) is 0.364. The average Bonchev–Trinajstić information content (AvgIpc) is 3.58. The van der Waals surface area contributed by atoms with Crippen molar-refractivity contribution in [1.29, 1.82) is 0 Å². The van der Waals surface area contributed by atoms with Crippen molar-refractivity contribution < 1.29 is 60.0 Å². The van der Waals surface area contributed by atoms with E-state index in [1.807, 2.05) is 0 Å². The summed E-state index contributed by atoms with van der Waals surface area (Å²) in [4.78, 5) is 40.5. The molecule has 0 radical (unpaired) electrons. The molecule has 1 atom stereocenters. The molecule has 2 N–H and O–H groups in total. The third-order valence-corrected chi connectivity index (χ3v) is 8.36. The molecule has 2 aliphatic heterocycles. The number of carbonyl (C=O) groups is 3. The van der Waals surface area contributed by atoms with Gasteiger partial charge in [0, 0.05) is 18.1 Å². The Morgan fingerprint density at radius 3 is 2.35 bits per heavy atom. The lowest BCUT2D eigenvalue weighted by atomic mass is 9.90. The molecule has 3 aromatic rings. The minimum absolute atomic E-state index is 0.00670. The van der Waals surface area contributed by atoms with E-state index in [0.717, 1.165) is 16.5 Å². The quantitative estimate of drug-likeness (QED) is 0.146. The number of carbonyl (C=O) groups excluding carboxylic acids is 3. The van der Waals surface area contributed by atoms with Gasteiger partial charge in [-0.3, -0.25) is 14.5 Å². The predicted octanol–water partition coefficient (Wildman–Crippen LogP) is 6.34. The van der Waals surface area contributed by atoms with Crippen molar-refractivity contribution in [3.05, 3.63) is 82.4 Å². The van der Waals surface area contributed by atoms with Gasteiger partial charge in [0.05, 0.1) is 25.8 Å². The number of ether oxygens (including phenoxy) is 3. The Hall–Kier alpha value is -4.79. The summed E-state index contributed by atoms with van der Waals surface area (Å²) in [5.41, 5.74) is -6.61. The molecule has 256 valence electrons. The molecule has 0 spiro atoms. The third-order valence-electron chi connectivity index (χ3n) is 8.36. The van der Waals surface area contributed by atoms with Crippen molar-refractivity contribution in [3.8, 4) is 23.0 Å². The molecule has 0 aliphatic carbocycles. The number of Topliss-reactive ketones (excluding diaryl/α,β-unsaturated/α-hetero) is 1. The van der Waals surface area contributed by atoms with Gasteiger partial charge in [-0.15, -0.1) is 0 Å². The van der Waals surface area contributed by atoms with Crippen LogP contribution in [-0.2, 0) is 28.8 Å². The molecule has 9 nitrogen and oxygen atoms in total. The first kappa shape index (κ1) is 34.5. The van der Waals surface area contributed by atoms with E-state index in [9.17, 15) is 45.8 Å². The molecule has 1 saturated heterocycles. The topological polar surface area (TPSA) is 114 Å². The molecule has 3 aromatic carbocycles. The number of aliphatic hydroxyl groups is 1. The van der Waals surface area contributed by atoms with Crippen LogP contribution in [0.25, 0.3) is 0 Å². The van der Waals surface area contributed by atoms with Crippen LogP contribution in [-0.4, -0.2) is 60.3 Å². The number of fused-ring (bicyclic) bond motifs is 1. The molecule has 2 aliphatic rings. The van der Waals surface area contributed by atoms with Gasteiger partial charge < -0.3 is 24.6 Å². The van der Waals surface area contributed by atoms with Crippen LogP contribution in [0.2, 0.25) is 0 Å². The van der Waals surface area contributed by atoms with Crippen molar-refractivity contribution >= 4 is 17.7 Å². The van der Waals surface area contributed by atoms with E-state index in [1.165, 1.54) is 32.2 Å². The first-order valence-corrected chi connectivity index (χ1v) is 14.7. The summed E-state index contributed by atoms with van der Waals surface area (Å²) in [5.74, 6) is -0.734. The Balaban J connectivity index is 1.37. The van der Waals surface area contributed by atoms with Crippen LogP contribution in [0.15, 0.2) is 54.6 Å². The molecule has 2 heterocycles. The first-order chi connectivity index (χ1) is 22.4. The Labute approximate surface area is 270 Å². The minimum atomic E-state index is -6.05. The average molecular weight is 681 g/mol. The van der Waals surface area contributed by atoms with E-state index in [-0.39, 0.29) is 34.8 Å². The largest absolute Gasteiger partial charge is 0.496 e. The maximum absolute atomic E-state index is 13.5. The maximum atomic E-state index is 13.5. The smallest absolute Gasteiger partial charge is 0.430 e. The number of nitrogens with one attached hydrogen (secondary N) is 1. The highest BCUT2D eigenvalue weighted by Gasteiger charge is 2.71. The van der Waals surface area contributed by atoms with Crippen molar-refractivity contribution in [2.75, 3.05) is 20.3 Å². The highest BCUT2D eigenvalue weighted by atomic mass is 19.4. The fourth-order valence-electron chi connectivity index (χ4n) is 5.71. The van der Waals surface area contributed by atoms with Gasteiger partial charge in [0.25, 0.3) is 11.5 Å². The molecule has 3 amide bonds. The molecule has 48 heavy (non-hydrogen) atoms. The number of nitrogens with zero attached hydrogens (tertiary/aromatic N) is 1. The maximum Gasteiger partial charge on any atom is 0.430 e. The van der Waals surface area contributed by atoms with Crippen LogP contribution < -0.4 is 19.5 Å². The highest BCUT2D eigenvalue weighted by molar-refractivity contribution is 6.11.